The Hall–Kier alpha value is -1.11. The van der Waals surface area contributed by atoms with E-state index in [1.165, 1.54) is 0 Å². The van der Waals surface area contributed by atoms with Crippen molar-refractivity contribution in [2.75, 3.05) is 18.5 Å². The number of aliphatic carboxylic acids is 1. The summed E-state index contributed by atoms with van der Waals surface area (Å²) in [5.74, 6) is -1.59. The third-order valence-electron chi connectivity index (χ3n) is 1.66. The van der Waals surface area contributed by atoms with Crippen molar-refractivity contribution < 1.29 is 19.4 Å². The monoisotopic (exact) mass is 321 g/mol. The number of hydrogen-bond donors (Lipinski definition) is 2. The maximum absolute atomic E-state index is 11.4. The third kappa shape index (κ3) is 5.16. The first kappa shape index (κ1) is 14.0. The van der Waals surface area contributed by atoms with E-state index in [1.54, 1.807) is 18.2 Å². The van der Waals surface area contributed by atoms with Crippen molar-refractivity contribution >= 4 is 45.1 Å². The normalized spacial score (nSPS) is 10.0. The molecule has 0 bridgehead atoms. The Morgan fingerprint density at radius 1 is 1.41 bits per heavy atom. The number of carbonyl (C=O) groups is 2. The highest BCUT2D eigenvalue weighted by Crippen LogP contribution is 2.25. The van der Waals surface area contributed by atoms with Gasteiger partial charge in [-0.3, -0.25) is 4.79 Å². The number of anilines is 1. The summed E-state index contributed by atoms with van der Waals surface area (Å²) in [4.78, 5) is 21.5. The molecule has 1 aromatic carbocycles. The maximum Gasteiger partial charge on any atom is 0.329 e. The molecular weight excluding hydrogens is 313 g/mol. The first-order chi connectivity index (χ1) is 7.99. The fourth-order valence-electron chi connectivity index (χ4n) is 1.01. The molecule has 0 heterocycles. The highest BCUT2D eigenvalue weighted by molar-refractivity contribution is 9.10. The van der Waals surface area contributed by atoms with Crippen molar-refractivity contribution in [2.45, 2.75) is 0 Å². The van der Waals surface area contributed by atoms with Crippen LogP contribution >= 0.6 is 27.5 Å². The van der Waals surface area contributed by atoms with E-state index < -0.39 is 18.5 Å². The molecule has 7 heteroatoms. The molecule has 92 valence electrons. The number of benzene rings is 1. The van der Waals surface area contributed by atoms with E-state index in [1.807, 2.05) is 0 Å². The Bertz CT molecular complexity index is 438. The van der Waals surface area contributed by atoms with Crippen LogP contribution in [-0.2, 0) is 14.3 Å². The quantitative estimate of drug-likeness (QED) is 0.871. The van der Waals surface area contributed by atoms with E-state index >= 15 is 0 Å². The van der Waals surface area contributed by atoms with Gasteiger partial charge in [-0.25, -0.2) is 4.79 Å². The van der Waals surface area contributed by atoms with E-state index in [4.69, 9.17) is 16.7 Å². The molecule has 1 aromatic rings. The van der Waals surface area contributed by atoms with E-state index in [2.05, 4.69) is 26.0 Å². The van der Waals surface area contributed by atoms with E-state index in [0.29, 0.717) is 10.7 Å². The van der Waals surface area contributed by atoms with Crippen molar-refractivity contribution in [3.63, 3.8) is 0 Å². The number of ether oxygens (including phenoxy) is 1. The Morgan fingerprint density at radius 3 is 2.76 bits per heavy atom. The van der Waals surface area contributed by atoms with Gasteiger partial charge in [-0.2, -0.15) is 0 Å². The number of carbonyl (C=O) groups excluding carboxylic acids is 1. The van der Waals surface area contributed by atoms with Gasteiger partial charge < -0.3 is 15.2 Å². The minimum Gasteiger partial charge on any atom is -0.480 e. The molecule has 0 aliphatic heterocycles. The summed E-state index contributed by atoms with van der Waals surface area (Å²) in [6.45, 7) is -0.852. The molecule has 17 heavy (non-hydrogen) atoms. The van der Waals surface area contributed by atoms with Gasteiger partial charge in [0.15, 0.2) is 0 Å². The molecule has 5 nitrogen and oxygen atoms in total. The van der Waals surface area contributed by atoms with Gasteiger partial charge in [-0.1, -0.05) is 27.5 Å². The van der Waals surface area contributed by atoms with Crippen molar-refractivity contribution in [3.05, 3.63) is 27.7 Å². The molecule has 0 radical (unpaired) electrons. The zero-order valence-electron chi connectivity index (χ0n) is 8.57. The molecule has 2 N–H and O–H groups in total. The Labute approximate surface area is 111 Å². The Morgan fingerprint density at radius 2 is 2.12 bits per heavy atom. The Kier molecular flexibility index (Phi) is 5.40. The first-order valence-corrected chi connectivity index (χ1v) is 5.70. The zero-order valence-corrected chi connectivity index (χ0v) is 10.9. The lowest BCUT2D eigenvalue weighted by atomic mass is 10.3. The predicted molar refractivity (Wildman–Crippen MR) is 66.2 cm³/mol. The average Bonchev–Trinajstić information content (AvgIpc) is 2.23. The third-order valence-corrected chi connectivity index (χ3v) is 2.48. The van der Waals surface area contributed by atoms with Crippen LogP contribution in [-0.4, -0.2) is 30.2 Å². The number of carboxylic acids is 1. The molecule has 0 atom stereocenters. The second kappa shape index (κ2) is 6.58. The molecule has 0 aromatic heterocycles. The number of halogens is 2. The lowest BCUT2D eigenvalue weighted by Gasteiger charge is -2.07. The molecule has 1 rings (SSSR count). The van der Waals surface area contributed by atoms with Gasteiger partial charge in [0.05, 0.1) is 10.7 Å². The lowest BCUT2D eigenvalue weighted by Crippen LogP contribution is -2.20. The smallest absolute Gasteiger partial charge is 0.329 e. The highest BCUT2D eigenvalue weighted by atomic mass is 79.9. The van der Waals surface area contributed by atoms with Gasteiger partial charge in [0.2, 0.25) is 5.91 Å². The van der Waals surface area contributed by atoms with Crippen LogP contribution in [0.3, 0.4) is 0 Å². The van der Waals surface area contributed by atoms with Gasteiger partial charge in [-0.05, 0) is 18.2 Å². The van der Waals surface area contributed by atoms with E-state index in [0.717, 1.165) is 4.47 Å². The molecule has 0 fully saturated rings. The largest absolute Gasteiger partial charge is 0.480 e. The second-order valence-corrected chi connectivity index (χ2v) is 4.38. The van der Waals surface area contributed by atoms with E-state index in [-0.39, 0.29) is 6.61 Å². The zero-order chi connectivity index (χ0) is 12.8. The number of rotatable bonds is 5. The first-order valence-electron chi connectivity index (χ1n) is 4.53. The topological polar surface area (TPSA) is 75.6 Å². The van der Waals surface area contributed by atoms with Crippen LogP contribution < -0.4 is 5.32 Å². The number of amides is 1. The fraction of sp³-hybridized carbons (Fsp3) is 0.200. The van der Waals surface area contributed by atoms with Crippen LogP contribution in [0.1, 0.15) is 0 Å². The maximum atomic E-state index is 11.4. The van der Waals surface area contributed by atoms with Crippen LogP contribution in [0.2, 0.25) is 5.02 Å². The molecule has 0 saturated carbocycles. The summed E-state index contributed by atoms with van der Waals surface area (Å²) >= 11 is 9.09. The minimum atomic E-state index is -1.13. The molecular formula is C10H9BrClNO4. The highest BCUT2D eigenvalue weighted by Gasteiger charge is 2.07. The molecule has 0 saturated heterocycles. The summed E-state index contributed by atoms with van der Waals surface area (Å²) in [6.07, 6.45) is 0. The van der Waals surface area contributed by atoms with Crippen LogP contribution in [0, 0.1) is 0 Å². The number of hydrogen-bond acceptors (Lipinski definition) is 3. The van der Waals surface area contributed by atoms with Crippen molar-refractivity contribution in [2.24, 2.45) is 0 Å². The Balaban J connectivity index is 2.50. The average molecular weight is 323 g/mol. The molecule has 0 aliphatic rings. The number of nitrogens with one attached hydrogen (secondary N) is 1. The van der Waals surface area contributed by atoms with E-state index in [9.17, 15) is 9.59 Å². The summed E-state index contributed by atoms with van der Waals surface area (Å²) in [5.41, 5.74) is 0.435. The van der Waals surface area contributed by atoms with Gasteiger partial charge in [-0.15, -0.1) is 0 Å². The molecule has 0 aliphatic carbocycles. The lowest BCUT2D eigenvalue weighted by molar-refractivity contribution is -0.143. The molecule has 0 spiro atoms. The summed E-state index contributed by atoms with van der Waals surface area (Å²) in [6, 6.07) is 5.00. The van der Waals surface area contributed by atoms with Gasteiger partial charge in [0, 0.05) is 4.47 Å². The SMILES string of the molecule is O=C(O)COCC(=O)Nc1cc(Br)ccc1Cl. The number of carboxylic acid groups (broad SMARTS) is 1. The van der Waals surface area contributed by atoms with Crippen molar-refractivity contribution in [1.82, 2.24) is 0 Å². The van der Waals surface area contributed by atoms with Crippen LogP contribution in [0.4, 0.5) is 5.69 Å². The van der Waals surface area contributed by atoms with Gasteiger partial charge >= 0.3 is 5.97 Å². The van der Waals surface area contributed by atoms with Crippen LogP contribution in [0.5, 0.6) is 0 Å². The van der Waals surface area contributed by atoms with Crippen molar-refractivity contribution in [3.8, 4) is 0 Å². The minimum absolute atomic E-state index is 0.338. The van der Waals surface area contributed by atoms with Crippen molar-refractivity contribution in [1.29, 1.82) is 0 Å². The summed E-state index contributed by atoms with van der Waals surface area (Å²) in [7, 11) is 0. The van der Waals surface area contributed by atoms with Gasteiger partial charge in [0.25, 0.3) is 0 Å². The van der Waals surface area contributed by atoms with Crippen LogP contribution in [0.25, 0.3) is 0 Å². The van der Waals surface area contributed by atoms with Gasteiger partial charge in [0.1, 0.15) is 13.2 Å². The summed E-state index contributed by atoms with van der Waals surface area (Å²) in [5, 5.41) is 11.2. The second-order valence-electron chi connectivity index (χ2n) is 3.06. The predicted octanol–water partition coefficient (Wildman–Crippen LogP) is 2.14. The molecule has 1 amide bonds. The fourth-order valence-corrected chi connectivity index (χ4v) is 1.54. The van der Waals surface area contributed by atoms with Crippen LogP contribution in [0.15, 0.2) is 22.7 Å². The summed E-state index contributed by atoms with van der Waals surface area (Å²) < 4.78 is 5.40. The standard InChI is InChI=1S/C10H9BrClNO4/c11-6-1-2-7(12)8(3-6)13-9(14)4-17-5-10(15)16/h1-3H,4-5H2,(H,13,14)(H,15,16). The molecule has 0 unspecified atom stereocenters.